The van der Waals surface area contributed by atoms with Crippen LogP contribution in [0.2, 0.25) is 0 Å². The summed E-state index contributed by atoms with van der Waals surface area (Å²) in [6.45, 7) is 13.1. The topological polar surface area (TPSA) is 148 Å². The molecule has 0 aliphatic carbocycles. The molecule has 3 aromatic heterocycles. The van der Waals surface area contributed by atoms with Gasteiger partial charge in [0.2, 0.25) is 17.7 Å². The minimum absolute atomic E-state index is 0.0330. The largest absolute Gasteiger partial charge is 0.386 e. The van der Waals surface area contributed by atoms with Gasteiger partial charge in [-0.05, 0) is 119 Å². The van der Waals surface area contributed by atoms with Crippen molar-refractivity contribution in [2.24, 2.45) is 13.0 Å². The molecular weight excluding hydrogens is 926 g/mol. The van der Waals surface area contributed by atoms with Crippen LogP contribution < -0.4 is 21.1 Å². The van der Waals surface area contributed by atoms with Gasteiger partial charge in [-0.25, -0.2) is 18.2 Å². The smallest absolute Gasteiger partial charge is 0.257 e. The number of nitrogens with zero attached hydrogens (tertiary/aromatic N) is 8. The Labute approximate surface area is 416 Å². The molecule has 0 saturated carbocycles. The highest BCUT2D eigenvalue weighted by atomic mass is 19.1. The van der Waals surface area contributed by atoms with Gasteiger partial charge in [-0.3, -0.25) is 53.5 Å². The monoisotopic (exact) mass is 988 g/mol. The van der Waals surface area contributed by atoms with Crippen molar-refractivity contribution in [3.05, 3.63) is 117 Å². The van der Waals surface area contributed by atoms with Crippen LogP contribution in [-0.4, -0.2) is 129 Å². The zero-order valence-electron chi connectivity index (χ0n) is 41.6. The number of piperazine rings is 1. The molecule has 2 N–H and O–H groups in total. The highest BCUT2D eigenvalue weighted by Gasteiger charge is 2.49. The third-order valence-electron chi connectivity index (χ3n) is 16.2. The predicted molar refractivity (Wildman–Crippen MR) is 267 cm³/mol. The number of carbonyl (C=O) groups excluding carboxylic acids is 4. The van der Waals surface area contributed by atoms with Crippen molar-refractivity contribution in [1.29, 1.82) is 0 Å². The fourth-order valence-corrected chi connectivity index (χ4v) is 11.9. The summed E-state index contributed by atoms with van der Waals surface area (Å²) >= 11 is 0. The molecule has 5 aromatic rings. The van der Waals surface area contributed by atoms with Crippen molar-refractivity contribution in [2.45, 2.75) is 95.8 Å². The van der Waals surface area contributed by atoms with Crippen LogP contribution in [0.5, 0.6) is 0 Å². The van der Waals surface area contributed by atoms with Gasteiger partial charge in [0, 0.05) is 119 Å². The molecule has 18 heteroatoms. The minimum atomic E-state index is -0.802. The van der Waals surface area contributed by atoms with Crippen LogP contribution in [0.25, 0.3) is 16.7 Å². The summed E-state index contributed by atoms with van der Waals surface area (Å²) in [5, 5.41) is 5.79. The molecule has 2 atom stereocenters. The van der Waals surface area contributed by atoms with E-state index in [4.69, 9.17) is 0 Å². The normalized spacial score (nSPS) is 21.7. The van der Waals surface area contributed by atoms with Gasteiger partial charge in [0.25, 0.3) is 11.5 Å². The lowest BCUT2D eigenvalue weighted by Crippen LogP contribution is -2.55. The second-order valence-corrected chi connectivity index (χ2v) is 21.1. The van der Waals surface area contributed by atoms with E-state index in [1.54, 1.807) is 29.1 Å². The van der Waals surface area contributed by atoms with Crippen molar-refractivity contribution in [1.82, 2.24) is 39.0 Å². The molecule has 8 heterocycles. The Morgan fingerprint density at radius 3 is 2.26 bits per heavy atom. The summed E-state index contributed by atoms with van der Waals surface area (Å²) in [6.07, 6.45) is 5.95. The Morgan fingerprint density at radius 1 is 0.833 bits per heavy atom. The maximum absolute atomic E-state index is 15.9. The number of benzene rings is 2. The predicted octanol–water partition coefficient (Wildman–Crippen LogP) is 6.05. The number of anilines is 2. The highest BCUT2D eigenvalue weighted by Crippen LogP contribution is 2.44. The Hall–Kier alpha value is -6.37. The zero-order chi connectivity index (χ0) is 50.7. The fraction of sp³-hybridized carbons (Fsp3) is 0.481. The summed E-state index contributed by atoms with van der Waals surface area (Å²) in [5.41, 5.74) is 3.82. The Balaban J connectivity index is 0.698. The van der Waals surface area contributed by atoms with E-state index in [1.165, 1.54) is 29.0 Å². The van der Waals surface area contributed by atoms with E-state index in [2.05, 4.69) is 43.3 Å². The number of hydrogen-bond donors (Lipinski definition) is 2. The summed E-state index contributed by atoms with van der Waals surface area (Å²) in [6, 6.07) is 13.0. The van der Waals surface area contributed by atoms with Gasteiger partial charge in [0.1, 0.15) is 23.3 Å². The standard InChI is InChI=1S/C54H63F3N10O5/c1-32-27-63(28-34-6-7-45-39(22-34)54(2,3)53(72)67(45)46-8-9-47(68)60-51(46)70)20-21-65(32)29-33-11-18-64(19-12-33)52(71)36-23-40(55)49(41(56)24-36)35-13-16-62(17-14-35)30-37-25-38-44(10-15-59-50(38)61(37)5)66-31-42(57)43(58-4)26-48(66)69/h6-7,10,15,22-26,31-33,35,46,58H,8-9,11-14,16-21,27-30H2,1-5H3,(H,60,68,70)/t32-,46+/m0/s1. The van der Waals surface area contributed by atoms with Gasteiger partial charge >= 0.3 is 0 Å². The first-order valence-corrected chi connectivity index (χ1v) is 25.3. The van der Waals surface area contributed by atoms with Crippen LogP contribution in [0.4, 0.5) is 24.5 Å². The molecular formula is C54H63F3N10O5. The summed E-state index contributed by atoms with van der Waals surface area (Å²) in [5.74, 6) is -3.11. The van der Waals surface area contributed by atoms with E-state index in [-0.39, 0.29) is 52.4 Å². The van der Waals surface area contributed by atoms with Crippen molar-refractivity contribution in [2.75, 3.05) is 69.6 Å². The van der Waals surface area contributed by atoms with E-state index in [9.17, 15) is 28.4 Å². The Morgan fingerprint density at radius 2 is 1.57 bits per heavy atom. The molecule has 0 bridgehead atoms. The van der Waals surface area contributed by atoms with Gasteiger partial charge in [-0.2, -0.15) is 0 Å². The van der Waals surface area contributed by atoms with Crippen molar-refractivity contribution < 1.29 is 32.3 Å². The highest BCUT2D eigenvalue weighted by molar-refractivity contribution is 6.13. The summed E-state index contributed by atoms with van der Waals surface area (Å²) < 4.78 is 49.7. The molecule has 15 nitrogen and oxygen atoms in total. The van der Waals surface area contributed by atoms with Crippen molar-refractivity contribution >= 4 is 46.0 Å². The number of rotatable bonds is 11. The van der Waals surface area contributed by atoms with Crippen molar-refractivity contribution in [3.8, 4) is 5.69 Å². The zero-order valence-corrected chi connectivity index (χ0v) is 41.6. The van der Waals surface area contributed by atoms with E-state index in [0.29, 0.717) is 80.7 Å². The molecule has 0 spiro atoms. The second kappa shape index (κ2) is 19.6. The first-order chi connectivity index (χ1) is 34.5. The van der Waals surface area contributed by atoms with E-state index < -0.39 is 34.8 Å². The van der Waals surface area contributed by atoms with Crippen LogP contribution in [0.15, 0.2) is 65.7 Å². The molecule has 5 aliphatic rings. The number of likely N-dealkylation sites (tertiary alicyclic amines) is 2. The van der Waals surface area contributed by atoms with Gasteiger partial charge in [-0.15, -0.1) is 0 Å². The fourth-order valence-electron chi connectivity index (χ4n) is 11.9. The number of aryl methyl sites for hydroxylation is 1. The van der Waals surface area contributed by atoms with Crippen LogP contribution in [0.1, 0.15) is 98.0 Å². The SMILES string of the molecule is CNc1cc(=O)n(-c2ccnc3c2cc(CN2CCC(c4c(F)cc(C(=O)N5CCC(CN6CCN(Cc7ccc8c(c7)C(C)(C)C(=O)N8[C@@H]7CCC(=O)NC7=O)C[C@@H]6C)CC5)cc4F)CC2)n3C)cc1F. The van der Waals surface area contributed by atoms with E-state index in [1.807, 2.05) is 43.7 Å². The molecule has 10 rings (SSSR count). The average Bonchev–Trinajstić information content (AvgIpc) is 3.77. The van der Waals surface area contributed by atoms with Crippen LogP contribution in [0.3, 0.4) is 0 Å². The number of pyridine rings is 2. The third kappa shape index (κ3) is 9.21. The number of fused-ring (bicyclic) bond motifs is 2. The second-order valence-electron chi connectivity index (χ2n) is 21.1. The molecule has 4 saturated heterocycles. The molecule has 72 heavy (non-hydrogen) atoms. The number of amides is 4. The quantitative estimate of drug-likeness (QED) is 0.150. The number of piperidine rings is 3. The van der Waals surface area contributed by atoms with Crippen LogP contribution in [-0.2, 0) is 39.9 Å². The number of aromatic nitrogens is 3. The van der Waals surface area contributed by atoms with Gasteiger partial charge in [-0.1, -0.05) is 12.1 Å². The van der Waals surface area contributed by atoms with E-state index in [0.717, 1.165) is 68.1 Å². The van der Waals surface area contributed by atoms with Gasteiger partial charge in [0.15, 0.2) is 5.82 Å². The first kappa shape index (κ1) is 49.2. The number of imide groups is 1. The van der Waals surface area contributed by atoms with Crippen LogP contribution >= 0.6 is 0 Å². The molecule has 2 aromatic carbocycles. The van der Waals surface area contributed by atoms with E-state index >= 15 is 8.78 Å². The number of nitrogens with one attached hydrogen (secondary N) is 2. The first-order valence-electron chi connectivity index (χ1n) is 25.3. The van der Waals surface area contributed by atoms with Gasteiger partial charge in [0.05, 0.1) is 23.0 Å². The number of carbonyl (C=O) groups is 4. The molecule has 0 radical (unpaired) electrons. The number of halogens is 3. The summed E-state index contributed by atoms with van der Waals surface area (Å²) in [4.78, 5) is 79.9. The Kier molecular flexibility index (Phi) is 13.4. The third-order valence-corrected chi connectivity index (χ3v) is 16.2. The summed E-state index contributed by atoms with van der Waals surface area (Å²) in [7, 11) is 3.45. The molecule has 0 unspecified atom stereocenters. The minimum Gasteiger partial charge on any atom is -0.386 e. The Bertz CT molecular complexity index is 3010. The van der Waals surface area contributed by atoms with Crippen molar-refractivity contribution in [3.63, 3.8) is 0 Å². The molecule has 380 valence electrons. The lowest BCUT2D eigenvalue weighted by atomic mass is 9.85. The maximum atomic E-state index is 15.9. The average molecular weight is 989 g/mol. The van der Waals surface area contributed by atoms with Gasteiger partial charge < -0.3 is 14.8 Å². The lowest BCUT2D eigenvalue weighted by molar-refractivity contribution is -0.136. The number of hydrogen-bond acceptors (Lipinski definition) is 10. The lowest BCUT2D eigenvalue weighted by Gasteiger charge is -2.42. The molecule has 4 amide bonds. The molecule has 5 aliphatic heterocycles. The maximum Gasteiger partial charge on any atom is 0.257 e. The van der Waals surface area contributed by atoms with Crippen LogP contribution in [0, 0.1) is 23.4 Å². The molecule has 4 fully saturated rings.